The first-order valence-corrected chi connectivity index (χ1v) is 7.52. The van der Waals surface area contributed by atoms with Gasteiger partial charge in [0, 0.05) is 16.3 Å². The minimum atomic E-state index is -0.113. The molecular formula is C13H24BrNO. The molecule has 0 aromatic heterocycles. The van der Waals surface area contributed by atoms with Crippen molar-refractivity contribution < 1.29 is 4.79 Å². The maximum Gasteiger partial charge on any atom is 0.226 e. The molecule has 16 heavy (non-hydrogen) atoms. The highest BCUT2D eigenvalue weighted by Gasteiger charge is 2.39. The number of halogens is 1. The summed E-state index contributed by atoms with van der Waals surface area (Å²) in [5.74, 6) is 0.258. The Morgan fingerprint density at radius 2 is 1.81 bits per heavy atom. The highest BCUT2D eigenvalue weighted by molar-refractivity contribution is 9.09. The standard InChI is InChI=1S/C13H24BrNO/c1-4-13(5-2,10-14)15-11(16)12(3)8-6-7-9-12/h4-10H2,1-3H3,(H,15,16). The van der Waals surface area contributed by atoms with Gasteiger partial charge >= 0.3 is 0 Å². The summed E-state index contributed by atoms with van der Waals surface area (Å²) >= 11 is 3.53. The van der Waals surface area contributed by atoms with E-state index in [-0.39, 0.29) is 16.9 Å². The van der Waals surface area contributed by atoms with Crippen LogP contribution in [0.15, 0.2) is 0 Å². The Bertz CT molecular complexity index is 234. The van der Waals surface area contributed by atoms with Crippen LogP contribution in [0.4, 0.5) is 0 Å². The molecule has 0 aliphatic heterocycles. The highest BCUT2D eigenvalue weighted by Crippen LogP contribution is 2.38. The second-order valence-corrected chi connectivity index (χ2v) is 5.90. The van der Waals surface area contributed by atoms with E-state index in [2.05, 4.69) is 42.0 Å². The summed E-state index contributed by atoms with van der Waals surface area (Å²) in [5.41, 5.74) is -0.166. The lowest BCUT2D eigenvalue weighted by molar-refractivity contribution is -0.131. The van der Waals surface area contributed by atoms with E-state index in [1.54, 1.807) is 0 Å². The zero-order valence-electron chi connectivity index (χ0n) is 10.7. The van der Waals surface area contributed by atoms with E-state index in [0.717, 1.165) is 31.0 Å². The molecule has 2 nitrogen and oxygen atoms in total. The maximum atomic E-state index is 12.3. The van der Waals surface area contributed by atoms with E-state index >= 15 is 0 Å². The molecular weight excluding hydrogens is 266 g/mol. The second kappa shape index (κ2) is 5.52. The third-order valence-corrected chi connectivity index (χ3v) is 5.32. The number of alkyl halides is 1. The summed E-state index contributed by atoms with van der Waals surface area (Å²) < 4.78 is 0. The topological polar surface area (TPSA) is 29.1 Å². The summed E-state index contributed by atoms with van der Waals surface area (Å²) in [7, 11) is 0. The van der Waals surface area contributed by atoms with Crippen molar-refractivity contribution in [2.24, 2.45) is 5.41 Å². The Kier molecular flexibility index (Phi) is 4.84. The summed E-state index contributed by atoms with van der Waals surface area (Å²) in [5, 5.41) is 4.12. The molecule has 0 heterocycles. The van der Waals surface area contributed by atoms with Crippen molar-refractivity contribution in [1.29, 1.82) is 0 Å². The third kappa shape index (κ3) is 2.79. The van der Waals surface area contributed by atoms with Gasteiger partial charge in [-0.3, -0.25) is 4.79 Å². The van der Waals surface area contributed by atoms with Crippen LogP contribution < -0.4 is 5.32 Å². The number of rotatable bonds is 5. The average Bonchev–Trinajstić information content (AvgIpc) is 2.74. The van der Waals surface area contributed by atoms with Crippen molar-refractivity contribution in [3.63, 3.8) is 0 Å². The zero-order chi connectivity index (χ0) is 12.2. The Morgan fingerprint density at radius 3 is 2.19 bits per heavy atom. The summed E-state index contributed by atoms with van der Waals surface area (Å²) in [6.07, 6.45) is 6.45. The van der Waals surface area contributed by atoms with Crippen LogP contribution in [0.5, 0.6) is 0 Å². The van der Waals surface area contributed by atoms with Gasteiger partial charge in [-0.1, -0.05) is 49.5 Å². The minimum absolute atomic E-state index is 0.0529. The van der Waals surface area contributed by atoms with Crippen molar-refractivity contribution in [2.75, 3.05) is 5.33 Å². The molecule has 0 atom stereocenters. The van der Waals surface area contributed by atoms with Crippen molar-refractivity contribution in [2.45, 2.75) is 64.8 Å². The quantitative estimate of drug-likeness (QED) is 0.770. The van der Waals surface area contributed by atoms with E-state index in [1.165, 1.54) is 12.8 Å². The third-order valence-electron chi connectivity index (χ3n) is 4.24. The van der Waals surface area contributed by atoms with Crippen LogP contribution >= 0.6 is 15.9 Å². The molecule has 0 unspecified atom stereocenters. The lowest BCUT2D eigenvalue weighted by Crippen LogP contribution is -2.53. The molecule has 1 aliphatic carbocycles. The van der Waals surface area contributed by atoms with Gasteiger partial charge in [-0.15, -0.1) is 0 Å². The second-order valence-electron chi connectivity index (χ2n) is 5.34. The molecule has 1 N–H and O–H groups in total. The minimum Gasteiger partial charge on any atom is -0.349 e. The molecule has 3 heteroatoms. The van der Waals surface area contributed by atoms with Crippen LogP contribution in [0.2, 0.25) is 0 Å². The van der Waals surface area contributed by atoms with E-state index in [0.29, 0.717) is 0 Å². The van der Waals surface area contributed by atoms with Crippen molar-refractivity contribution in [1.82, 2.24) is 5.32 Å². The number of hydrogen-bond acceptors (Lipinski definition) is 1. The van der Waals surface area contributed by atoms with Crippen molar-refractivity contribution in [3.05, 3.63) is 0 Å². The van der Waals surface area contributed by atoms with Gasteiger partial charge in [-0.25, -0.2) is 0 Å². The Labute approximate surface area is 108 Å². The largest absolute Gasteiger partial charge is 0.349 e. The first kappa shape index (κ1) is 14.0. The molecule has 1 rings (SSSR count). The van der Waals surface area contributed by atoms with Gasteiger partial charge in [0.2, 0.25) is 5.91 Å². The fourth-order valence-corrected chi connectivity index (χ4v) is 3.36. The molecule has 1 aliphatic rings. The van der Waals surface area contributed by atoms with Crippen LogP contribution in [-0.2, 0) is 4.79 Å². The molecule has 0 radical (unpaired) electrons. The first-order valence-electron chi connectivity index (χ1n) is 6.40. The fraction of sp³-hybridized carbons (Fsp3) is 0.923. The van der Waals surface area contributed by atoms with Crippen molar-refractivity contribution >= 4 is 21.8 Å². The molecule has 1 amide bonds. The molecule has 1 fully saturated rings. The molecule has 94 valence electrons. The number of carbonyl (C=O) groups is 1. The van der Waals surface area contributed by atoms with Crippen molar-refractivity contribution in [3.8, 4) is 0 Å². The Balaban J connectivity index is 2.68. The molecule has 0 spiro atoms. The van der Waals surface area contributed by atoms with Crippen LogP contribution in [0.3, 0.4) is 0 Å². The van der Waals surface area contributed by atoms with Gasteiger partial charge in [-0.05, 0) is 25.7 Å². The lowest BCUT2D eigenvalue weighted by Gasteiger charge is -2.35. The lowest BCUT2D eigenvalue weighted by atomic mass is 9.85. The van der Waals surface area contributed by atoms with E-state index < -0.39 is 0 Å². The monoisotopic (exact) mass is 289 g/mol. The van der Waals surface area contributed by atoms with Crippen LogP contribution in [0.1, 0.15) is 59.3 Å². The van der Waals surface area contributed by atoms with E-state index in [9.17, 15) is 4.79 Å². The number of nitrogens with one attached hydrogen (secondary N) is 1. The SMILES string of the molecule is CCC(CC)(CBr)NC(=O)C1(C)CCCC1. The first-order chi connectivity index (χ1) is 7.52. The van der Waals surface area contributed by atoms with Gasteiger partial charge in [0.25, 0.3) is 0 Å². The van der Waals surface area contributed by atoms with Crippen LogP contribution in [0, 0.1) is 5.41 Å². The van der Waals surface area contributed by atoms with Gasteiger partial charge in [0.1, 0.15) is 0 Å². The smallest absolute Gasteiger partial charge is 0.226 e. The fourth-order valence-electron chi connectivity index (χ4n) is 2.42. The van der Waals surface area contributed by atoms with E-state index in [4.69, 9.17) is 0 Å². The maximum absolute atomic E-state index is 12.3. The summed E-state index contributed by atoms with van der Waals surface area (Å²) in [4.78, 5) is 12.3. The van der Waals surface area contributed by atoms with Gasteiger partial charge in [0.05, 0.1) is 0 Å². The zero-order valence-corrected chi connectivity index (χ0v) is 12.3. The number of amides is 1. The van der Waals surface area contributed by atoms with E-state index in [1.807, 2.05) is 0 Å². The molecule has 0 aromatic rings. The molecule has 0 bridgehead atoms. The molecule has 0 saturated heterocycles. The van der Waals surface area contributed by atoms with Crippen LogP contribution in [-0.4, -0.2) is 16.8 Å². The predicted molar refractivity (Wildman–Crippen MR) is 71.8 cm³/mol. The average molecular weight is 290 g/mol. The normalized spacial score (nSPS) is 19.8. The molecule has 0 aromatic carbocycles. The number of hydrogen-bond donors (Lipinski definition) is 1. The summed E-state index contributed by atoms with van der Waals surface area (Å²) in [6.45, 7) is 6.39. The Hall–Kier alpha value is -0.0500. The highest BCUT2D eigenvalue weighted by atomic mass is 79.9. The predicted octanol–water partition coefficient (Wildman–Crippen LogP) is 3.64. The van der Waals surface area contributed by atoms with Gasteiger partial charge < -0.3 is 5.32 Å². The summed E-state index contributed by atoms with van der Waals surface area (Å²) in [6, 6.07) is 0. The number of carbonyl (C=O) groups excluding carboxylic acids is 1. The molecule has 1 saturated carbocycles. The van der Waals surface area contributed by atoms with Crippen LogP contribution in [0.25, 0.3) is 0 Å². The van der Waals surface area contributed by atoms with Gasteiger partial charge in [-0.2, -0.15) is 0 Å². The Morgan fingerprint density at radius 1 is 1.31 bits per heavy atom. The van der Waals surface area contributed by atoms with Gasteiger partial charge in [0.15, 0.2) is 0 Å².